The second kappa shape index (κ2) is 10.3. The first kappa shape index (κ1) is 23.9. The number of nitrogens with zero attached hydrogens (tertiary/aromatic N) is 1. The molecule has 1 aliphatic heterocycles. The van der Waals surface area contributed by atoms with Gasteiger partial charge in [0.2, 0.25) is 0 Å². The first-order valence-electron chi connectivity index (χ1n) is 11.7. The molecule has 0 aliphatic carbocycles. The minimum Gasteiger partial charge on any atom is -0.339 e. The second-order valence-electron chi connectivity index (χ2n) is 9.19. The van der Waals surface area contributed by atoms with Crippen molar-refractivity contribution in [3.63, 3.8) is 0 Å². The van der Waals surface area contributed by atoms with Gasteiger partial charge in [-0.15, -0.1) is 11.3 Å². The lowest BCUT2D eigenvalue weighted by Crippen LogP contribution is -2.40. The van der Waals surface area contributed by atoms with Crippen LogP contribution in [-0.4, -0.2) is 35.6 Å². The van der Waals surface area contributed by atoms with Gasteiger partial charge in [0, 0.05) is 30.1 Å². The van der Waals surface area contributed by atoms with E-state index in [2.05, 4.69) is 19.2 Å². The number of thiophene rings is 1. The summed E-state index contributed by atoms with van der Waals surface area (Å²) in [7, 11) is 0. The Morgan fingerprint density at radius 3 is 2.15 bits per heavy atom. The van der Waals surface area contributed by atoms with E-state index in [-0.39, 0.29) is 23.5 Å². The summed E-state index contributed by atoms with van der Waals surface area (Å²) in [6.07, 6.45) is 1.29. The summed E-state index contributed by atoms with van der Waals surface area (Å²) in [5.74, 6) is 0.151. The number of ketones is 1. The highest BCUT2D eigenvalue weighted by atomic mass is 32.1. The number of amides is 2. The van der Waals surface area contributed by atoms with Crippen LogP contribution in [-0.2, 0) is 0 Å². The van der Waals surface area contributed by atoms with Crippen molar-refractivity contribution >= 4 is 33.9 Å². The van der Waals surface area contributed by atoms with Gasteiger partial charge in [-0.05, 0) is 54.8 Å². The average Bonchev–Trinajstić information content (AvgIpc) is 3.31. The Hall–Kier alpha value is -3.25. The number of aryl methyl sites for hydroxylation is 1. The molecule has 34 heavy (non-hydrogen) atoms. The van der Waals surface area contributed by atoms with Crippen molar-refractivity contribution in [2.75, 3.05) is 18.4 Å². The molecule has 0 bridgehead atoms. The third kappa shape index (κ3) is 5.28. The molecular formula is C28H30N2O3S. The zero-order valence-electron chi connectivity index (χ0n) is 19.8. The Kier molecular flexibility index (Phi) is 7.27. The van der Waals surface area contributed by atoms with E-state index in [9.17, 15) is 14.4 Å². The average molecular weight is 475 g/mol. The maximum absolute atomic E-state index is 13.2. The Bertz CT molecular complexity index is 1170. The monoisotopic (exact) mass is 474 g/mol. The molecule has 4 rings (SSSR count). The van der Waals surface area contributed by atoms with Gasteiger partial charge in [0.1, 0.15) is 5.00 Å². The van der Waals surface area contributed by atoms with Crippen LogP contribution in [0, 0.1) is 12.8 Å². The molecule has 0 atom stereocenters. The molecule has 2 aromatic carbocycles. The smallest absolute Gasteiger partial charge is 0.256 e. The molecule has 1 saturated heterocycles. The SMILES string of the molecule is Cc1ccc(C(=O)C2CCN(C(=O)c3ccsc3NC(=O)c3ccc(C(C)C)cc3)CC2)cc1. The van der Waals surface area contributed by atoms with Gasteiger partial charge in [-0.1, -0.05) is 55.8 Å². The fraction of sp³-hybridized carbons (Fsp3) is 0.321. The predicted octanol–water partition coefficient (Wildman–Crippen LogP) is 6.17. The van der Waals surface area contributed by atoms with Gasteiger partial charge in [0.25, 0.3) is 11.8 Å². The molecule has 1 aliphatic rings. The summed E-state index contributed by atoms with van der Waals surface area (Å²) in [6, 6.07) is 17.0. The van der Waals surface area contributed by atoms with E-state index in [1.165, 1.54) is 16.9 Å². The molecule has 5 nitrogen and oxygen atoms in total. The fourth-order valence-electron chi connectivity index (χ4n) is 4.24. The number of Topliss-reactive ketones (excluding diaryl/α,β-unsaturated/α-hetero) is 1. The number of rotatable bonds is 6. The maximum atomic E-state index is 13.2. The van der Waals surface area contributed by atoms with Gasteiger partial charge >= 0.3 is 0 Å². The molecule has 1 aromatic heterocycles. The van der Waals surface area contributed by atoms with E-state index in [0.717, 1.165) is 11.1 Å². The molecule has 2 amide bonds. The van der Waals surface area contributed by atoms with Crippen molar-refractivity contribution in [3.05, 3.63) is 87.8 Å². The maximum Gasteiger partial charge on any atom is 0.256 e. The van der Waals surface area contributed by atoms with Crippen molar-refractivity contribution in [1.29, 1.82) is 0 Å². The fourth-order valence-corrected chi connectivity index (χ4v) is 5.01. The molecule has 1 fully saturated rings. The van der Waals surface area contributed by atoms with Gasteiger partial charge in [0.05, 0.1) is 5.56 Å². The summed E-state index contributed by atoms with van der Waals surface area (Å²) in [4.78, 5) is 40.6. The molecule has 6 heteroatoms. The third-order valence-corrected chi connectivity index (χ3v) is 7.28. The lowest BCUT2D eigenvalue weighted by Gasteiger charge is -2.31. The van der Waals surface area contributed by atoms with E-state index in [1.807, 2.05) is 60.8 Å². The van der Waals surface area contributed by atoms with Gasteiger partial charge in [0.15, 0.2) is 5.78 Å². The number of nitrogens with one attached hydrogen (secondary N) is 1. The highest BCUT2D eigenvalue weighted by molar-refractivity contribution is 7.14. The first-order valence-corrected chi connectivity index (χ1v) is 12.6. The molecule has 0 radical (unpaired) electrons. The number of anilines is 1. The van der Waals surface area contributed by atoms with Crippen LogP contribution in [0.3, 0.4) is 0 Å². The molecule has 3 aromatic rings. The number of piperidine rings is 1. The molecule has 2 heterocycles. The Balaban J connectivity index is 1.37. The van der Waals surface area contributed by atoms with Crippen LogP contribution in [0.2, 0.25) is 0 Å². The number of benzene rings is 2. The molecule has 0 saturated carbocycles. The van der Waals surface area contributed by atoms with Gasteiger partial charge in [-0.2, -0.15) is 0 Å². The van der Waals surface area contributed by atoms with Crippen molar-refractivity contribution in [2.24, 2.45) is 5.92 Å². The summed E-state index contributed by atoms with van der Waals surface area (Å²) < 4.78 is 0. The quantitative estimate of drug-likeness (QED) is 0.435. The van der Waals surface area contributed by atoms with Crippen LogP contribution < -0.4 is 5.32 Å². The van der Waals surface area contributed by atoms with E-state index in [1.54, 1.807) is 11.0 Å². The largest absolute Gasteiger partial charge is 0.339 e. The summed E-state index contributed by atoms with van der Waals surface area (Å²) in [5.41, 5.74) is 4.10. The first-order chi connectivity index (χ1) is 16.3. The predicted molar refractivity (Wildman–Crippen MR) is 137 cm³/mol. The van der Waals surface area contributed by atoms with Crippen LogP contribution in [0.5, 0.6) is 0 Å². The minimum atomic E-state index is -0.228. The second-order valence-corrected chi connectivity index (χ2v) is 10.1. The number of carbonyl (C=O) groups excluding carboxylic acids is 3. The third-order valence-electron chi connectivity index (χ3n) is 6.45. The van der Waals surface area contributed by atoms with Crippen molar-refractivity contribution < 1.29 is 14.4 Å². The van der Waals surface area contributed by atoms with Crippen molar-refractivity contribution in [3.8, 4) is 0 Å². The topological polar surface area (TPSA) is 66.5 Å². The number of hydrogen-bond donors (Lipinski definition) is 1. The molecule has 0 spiro atoms. The molecule has 0 unspecified atom stereocenters. The van der Waals surface area contributed by atoms with E-state index >= 15 is 0 Å². The van der Waals surface area contributed by atoms with Crippen LogP contribution in [0.4, 0.5) is 5.00 Å². The summed E-state index contributed by atoms with van der Waals surface area (Å²) >= 11 is 1.34. The van der Waals surface area contributed by atoms with Crippen LogP contribution >= 0.6 is 11.3 Å². The molecular weight excluding hydrogens is 444 g/mol. The Labute approximate surface area is 204 Å². The van der Waals surface area contributed by atoms with E-state index in [0.29, 0.717) is 48.0 Å². The lowest BCUT2D eigenvalue weighted by molar-refractivity contribution is 0.0651. The van der Waals surface area contributed by atoms with Gasteiger partial charge in [-0.25, -0.2) is 0 Å². The zero-order valence-corrected chi connectivity index (χ0v) is 20.7. The minimum absolute atomic E-state index is 0.0674. The number of hydrogen-bond acceptors (Lipinski definition) is 4. The Morgan fingerprint density at radius 1 is 0.912 bits per heavy atom. The Morgan fingerprint density at radius 2 is 1.53 bits per heavy atom. The summed E-state index contributed by atoms with van der Waals surface area (Å²) in [5, 5.41) is 5.28. The van der Waals surface area contributed by atoms with Crippen LogP contribution in [0.25, 0.3) is 0 Å². The van der Waals surface area contributed by atoms with Gasteiger partial charge in [-0.3, -0.25) is 14.4 Å². The number of carbonyl (C=O) groups is 3. The highest BCUT2D eigenvalue weighted by Gasteiger charge is 2.29. The van der Waals surface area contributed by atoms with E-state index in [4.69, 9.17) is 0 Å². The molecule has 176 valence electrons. The van der Waals surface area contributed by atoms with Crippen LogP contribution in [0.1, 0.15) is 74.8 Å². The molecule has 1 N–H and O–H groups in total. The van der Waals surface area contributed by atoms with Crippen molar-refractivity contribution in [1.82, 2.24) is 4.90 Å². The highest BCUT2D eigenvalue weighted by Crippen LogP contribution is 2.28. The standard InChI is InChI=1S/C28H30N2O3S/c1-18(2)20-8-10-23(11-9-20)26(32)29-27-24(14-17-34-27)28(33)30-15-12-22(13-16-30)25(31)21-6-4-19(3)5-7-21/h4-11,14,17-18,22H,12-13,15-16H2,1-3H3,(H,29,32). The van der Waals surface area contributed by atoms with Gasteiger partial charge < -0.3 is 10.2 Å². The van der Waals surface area contributed by atoms with Crippen molar-refractivity contribution in [2.45, 2.75) is 39.5 Å². The lowest BCUT2D eigenvalue weighted by atomic mass is 9.88. The van der Waals surface area contributed by atoms with Crippen LogP contribution in [0.15, 0.2) is 60.0 Å². The normalized spacial score (nSPS) is 14.3. The van der Waals surface area contributed by atoms with E-state index < -0.39 is 0 Å². The summed E-state index contributed by atoms with van der Waals surface area (Å²) in [6.45, 7) is 7.28. The number of likely N-dealkylation sites (tertiary alicyclic amines) is 1. The zero-order chi connectivity index (χ0) is 24.2.